The molecule has 3 rings (SSSR count). The highest BCUT2D eigenvalue weighted by Crippen LogP contribution is 2.28. The minimum Gasteiger partial charge on any atom is -0.405 e. The van der Waals surface area contributed by atoms with Crippen molar-refractivity contribution in [1.29, 1.82) is 0 Å². The van der Waals surface area contributed by atoms with Gasteiger partial charge in [0, 0.05) is 11.5 Å². The van der Waals surface area contributed by atoms with Gasteiger partial charge in [-0.1, -0.05) is 5.10 Å². The predicted octanol–water partition coefficient (Wildman–Crippen LogP) is 2.30. The van der Waals surface area contributed by atoms with Crippen LogP contribution in [0.4, 0.5) is 6.01 Å². The third kappa shape index (κ3) is 2.37. The lowest BCUT2D eigenvalue weighted by atomic mass is 10.2. The SMILES string of the molecule is Cc1ncsc1CNc1nnc([C@@H]2CCCO2)o1. The lowest BCUT2D eigenvalue weighted by molar-refractivity contribution is 0.0897. The summed E-state index contributed by atoms with van der Waals surface area (Å²) in [5, 5.41) is 11.1. The summed E-state index contributed by atoms with van der Waals surface area (Å²) in [7, 11) is 0. The zero-order valence-electron chi connectivity index (χ0n) is 10.0. The van der Waals surface area contributed by atoms with Gasteiger partial charge >= 0.3 is 6.01 Å². The zero-order chi connectivity index (χ0) is 12.4. The molecule has 18 heavy (non-hydrogen) atoms. The summed E-state index contributed by atoms with van der Waals surface area (Å²) in [5.41, 5.74) is 2.86. The van der Waals surface area contributed by atoms with E-state index < -0.39 is 0 Å². The summed E-state index contributed by atoms with van der Waals surface area (Å²) in [4.78, 5) is 5.36. The van der Waals surface area contributed by atoms with Crippen molar-refractivity contribution in [3.05, 3.63) is 22.0 Å². The molecule has 1 N–H and O–H groups in total. The smallest absolute Gasteiger partial charge is 0.315 e. The van der Waals surface area contributed by atoms with Crippen LogP contribution in [-0.4, -0.2) is 21.8 Å². The minimum atomic E-state index is -0.0295. The number of hydrogen-bond acceptors (Lipinski definition) is 7. The Morgan fingerprint density at radius 3 is 3.17 bits per heavy atom. The summed E-state index contributed by atoms with van der Waals surface area (Å²) in [5.74, 6) is 0.566. The molecule has 1 saturated heterocycles. The van der Waals surface area contributed by atoms with Gasteiger partial charge in [0.25, 0.3) is 0 Å². The van der Waals surface area contributed by atoms with Gasteiger partial charge in [0.15, 0.2) is 0 Å². The second-order valence-corrected chi connectivity index (χ2v) is 5.10. The number of rotatable bonds is 4. The van der Waals surface area contributed by atoms with Crippen LogP contribution in [0.2, 0.25) is 0 Å². The summed E-state index contributed by atoms with van der Waals surface area (Å²) in [6, 6.07) is 0.438. The summed E-state index contributed by atoms with van der Waals surface area (Å²) < 4.78 is 11.0. The van der Waals surface area contributed by atoms with Gasteiger partial charge < -0.3 is 14.5 Å². The number of aryl methyl sites for hydroxylation is 1. The molecule has 2 aromatic rings. The van der Waals surface area contributed by atoms with E-state index in [0.29, 0.717) is 18.5 Å². The summed E-state index contributed by atoms with van der Waals surface area (Å²) in [6.45, 7) is 3.42. The second kappa shape index (κ2) is 5.03. The number of ether oxygens (including phenoxy) is 1. The monoisotopic (exact) mass is 266 g/mol. The lowest BCUT2D eigenvalue weighted by Crippen LogP contribution is -1.99. The maximum atomic E-state index is 5.53. The van der Waals surface area contributed by atoms with Crippen molar-refractivity contribution >= 4 is 17.4 Å². The van der Waals surface area contributed by atoms with Crippen LogP contribution in [0.5, 0.6) is 0 Å². The molecule has 0 unspecified atom stereocenters. The van der Waals surface area contributed by atoms with E-state index >= 15 is 0 Å². The zero-order valence-corrected chi connectivity index (χ0v) is 10.9. The first-order valence-electron chi connectivity index (χ1n) is 5.91. The van der Waals surface area contributed by atoms with Gasteiger partial charge in [0.2, 0.25) is 5.89 Å². The molecule has 0 radical (unpaired) electrons. The Kier molecular flexibility index (Phi) is 3.24. The van der Waals surface area contributed by atoms with Crippen LogP contribution in [0.3, 0.4) is 0 Å². The van der Waals surface area contributed by atoms with Gasteiger partial charge in [-0.2, -0.15) is 0 Å². The first-order valence-corrected chi connectivity index (χ1v) is 6.79. The molecule has 1 fully saturated rings. The number of aromatic nitrogens is 3. The fourth-order valence-corrected chi connectivity index (χ4v) is 2.58. The highest BCUT2D eigenvalue weighted by molar-refractivity contribution is 7.09. The molecular weight excluding hydrogens is 252 g/mol. The minimum absolute atomic E-state index is 0.0295. The second-order valence-electron chi connectivity index (χ2n) is 4.16. The molecule has 96 valence electrons. The van der Waals surface area contributed by atoms with Crippen LogP contribution in [0, 0.1) is 6.92 Å². The van der Waals surface area contributed by atoms with Crippen molar-refractivity contribution < 1.29 is 9.15 Å². The van der Waals surface area contributed by atoms with Gasteiger partial charge in [-0.15, -0.1) is 16.4 Å². The number of hydrogen-bond donors (Lipinski definition) is 1. The Labute approximate surface area is 108 Å². The third-order valence-corrected chi connectivity index (χ3v) is 3.83. The van der Waals surface area contributed by atoms with E-state index in [1.165, 1.54) is 4.88 Å². The largest absolute Gasteiger partial charge is 0.405 e. The average molecular weight is 266 g/mol. The molecule has 2 aromatic heterocycles. The molecule has 0 bridgehead atoms. The van der Waals surface area contributed by atoms with Gasteiger partial charge in [-0.25, -0.2) is 4.98 Å². The molecule has 7 heteroatoms. The first kappa shape index (κ1) is 11.6. The van der Waals surface area contributed by atoms with Crippen LogP contribution in [-0.2, 0) is 11.3 Å². The number of nitrogens with zero attached hydrogens (tertiary/aromatic N) is 3. The quantitative estimate of drug-likeness (QED) is 0.915. The number of thiazole rings is 1. The van der Waals surface area contributed by atoms with Crippen LogP contribution < -0.4 is 5.32 Å². The van der Waals surface area contributed by atoms with Gasteiger partial charge in [-0.3, -0.25) is 0 Å². The third-order valence-electron chi connectivity index (χ3n) is 2.89. The molecule has 1 aliphatic heterocycles. The van der Waals surface area contributed by atoms with Crippen LogP contribution in [0.25, 0.3) is 0 Å². The van der Waals surface area contributed by atoms with E-state index in [-0.39, 0.29) is 6.10 Å². The van der Waals surface area contributed by atoms with Gasteiger partial charge in [0.05, 0.1) is 17.7 Å². The van der Waals surface area contributed by atoms with Crippen LogP contribution in [0.15, 0.2) is 9.93 Å². The van der Waals surface area contributed by atoms with Gasteiger partial charge in [0.1, 0.15) is 6.10 Å². The first-order chi connectivity index (χ1) is 8.83. The molecule has 1 aliphatic rings. The molecule has 0 aliphatic carbocycles. The predicted molar refractivity (Wildman–Crippen MR) is 66.4 cm³/mol. The van der Waals surface area contributed by atoms with Gasteiger partial charge in [-0.05, 0) is 19.8 Å². The van der Waals surface area contributed by atoms with Crippen LogP contribution >= 0.6 is 11.3 Å². The Balaban J connectivity index is 1.61. The van der Waals surface area contributed by atoms with E-state index in [1.54, 1.807) is 11.3 Å². The van der Waals surface area contributed by atoms with E-state index in [1.807, 2.05) is 12.4 Å². The molecular formula is C11H14N4O2S. The van der Waals surface area contributed by atoms with Crippen molar-refractivity contribution in [2.24, 2.45) is 0 Å². The molecule has 3 heterocycles. The Morgan fingerprint density at radius 1 is 1.50 bits per heavy atom. The van der Waals surface area contributed by atoms with Crippen LogP contribution in [0.1, 0.15) is 35.4 Å². The van der Waals surface area contributed by atoms with Crippen molar-refractivity contribution in [1.82, 2.24) is 15.2 Å². The highest BCUT2D eigenvalue weighted by atomic mass is 32.1. The fourth-order valence-electron chi connectivity index (χ4n) is 1.86. The van der Waals surface area contributed by atoms with E-state index in [0.717, 1.165) is 25.1 Å². The van der Waals surface area contributed by atoms with E-state index in [2.05, 4.69) is 20.5 Å². The average Bonchev–Trinajstić information content (AvgIpc) is 3.08. The maximum absolute atomic E-state index is 5.53. The van der Waals surface area contributed by atoms with E-state index in [9.17, 15) is 0 Å². The standard InChI is InChI=1S/C11H14N4O2S/c1-7-9(18-6-13-7)5-12-11-15-14-10(17-11)8-3-2-4-16-8/h6,8H,2-5H2,1H3,(H,12,15)/t8-/m0/s1. The fraction of sp³-hybridized carbons (Fsp3) is 0.545. The maximum Gasteiger partial charge on any atom is 0.315 e. The summed E-state index contributed by atoms with van der Waals surface area (Å²) >= 11 is 1.61. The molecule has 1 atom stereocenters. The molecule has 0 spiro atoms. The van der Waals surface area contributed by atoms with Crippen molar-refractivity contribution in [3.8, 4) is 0 Å². The molecule has 0 aromatic carbocycles. The molecule has 6 nitrogen and oxygen atoms in total. The Morgan fingerprint density at radius 2 is 2.44 bits per heavy atom. The highest BCUT2D eigenvalue weighted by Gasteiger charge is 2.23. The summed E-state index contributed by atoms with van der Waals surface area (Å²) in [6.07, 6.45) is 1.98. The number of nitrogens with one attached hydrogen (secondary N) is 1. The molecule has 0 amide bonds. The van der Waals surface area contributed by atoms with Crippen molar-refractivity contribution in [3.63, 3.8) is 0 Å². The topological polar surface area (TPSA) is 73.1 Å². The van der Waals surface area contributed by atoms with E-state index in [4.69, 9.17) is 9.15 Å². The van der Waals surface area contributed by atoms with Crippen molar-refractivity contribution in [2.45, 2.75) is 32.4 Å². The normalized spacial score (nSPS) is 19.3. The number of anilines is 1. The van der Waals surface area contributed by atoms with Crippen molar-refractivity contribution in [2.75, 3.05) is 11.9 Å². The Hall–Kier alpha value is -1.47. The lowest BCUT2D eigenvalue weighted by Gasteiger charge is -2.02. The molecule has 0 saturated carbocycles. The Bertz CT molecular complexity index is 519.